The van der Waals surface area contributed by atoms with E-state index in [1.807, 2.05) is 0 Å². The van der Waals surface area contributed by atoms with Crippen molar-refractivity contribution in [2.75, 3.05) is 38.9 Å². The maximum Gasteiger partial charge on any atom is 0.196 e. The number of anilines is 1. The summed E-state index contributed by atoms with van der Waals surface area (Å²) in [6.07, 6.45) is 4.49. The van der Waals surface area contributed by atoms with Gasteiger partial charge in [0.05, 0.1) is 47.9 Å². The summed E-state index contributed by atoms with van der Waals surface area (Å²) in [5, 5.41) is 13.5. The molecule has 0 unspecified atom stereocenters. The van der Waals surface area contributed by atoms with Gasteiger partial charge in [-0.05, 0) is 31.0 Å². The lowest BCUT2D eigenvalue weighted by atomic mass is 10.0. The second kappa shape index (κ2) is 10.3. The van der Waals surface area contributed by atoms with E-state index >= 15 is 0 Å². The van der Waals surface area contributed by atoms with Crippen LogP contribution in [0.1, 0.15) is 28.8 Å². The topological polar surface area (TPSA) is 119 Å². The fraction of sp³-hybridized carbons (Fsp3) is 0.409. The summed E-state index contributed by atoms with van der Waals surface area (Å²) < 4.78 is 16.2. The van der Waals surface area contributed by atoms with Gasteiger partial charge in [-0.3, -0.25) is 4.79 Å². The number of carbonyl (C=O) groups is 1. The number of aliphatic hydroxyl groups excluding tert-OH is 1. The van der Waals surface area contributed by atoms with Crippen LogP contribution in [0, 0.1) is 0 Å². The third-order valence-corrected chi connectivity index (χ3v) is 5.68. The average molecular weight is 461 g/mol. The van der Waals surface area contributed by atoms with Gasteiger partial charge in [0.25, 0.3) is 0 Å². The number of aliphatic hydroxyl groups is 1. The second-order valence-corrected chi connectivity index (χ2v) is 7.92. The summed E-state index contributed by atoms with van der Waals surface area (Å²) in [5.41, 5.74) is 1.32. The van der Waals surface area contributed by atoms with Crippen LogP contribution >= 0.6 is 11.6 Å². The van der Waals surface area contributed by atoms with Crippen LogP contribution in [0.15, 0.2) is 30.7 Å². The Morgan fingerprint density at radius 1 is 1.31 bits per heavy atom. The van der Waals surface area contributed by atoms with Crippen molar-refractivity contribution < 1.29 is 24.1 Å². The van der Waals surface area contributed by atoms with Crippen molar-refractivity contribution in [3.63, 3.8) is 0 Å². The maximum atomic E-state index is 13.3. The Kier molecular flexibility index (Phi) is 7.21. The number of hydrogen-bond donors (Lipinski definition) is 3. The van der Waals surface area contributed by atoms with Gasteiger partial charge in [0.15, 0.2) is 5.78 Å². The van der Waals surface area contributed by atoms with Crippen LogP contribution in [0.5, 0.6) is 5.75 Å². The van der Waals surface area contributed by atoms with Crippen LogP contribution in [-0.4, -0.2) is 71.5 Å². The largest absolute Gasteiger partial charge is 0.491 e. The number of aromatic nitrogens is 3. The van der Waals surface area contributed by atoms with Crippen molar-refractivity contribution in [1.29, 1.82) is 0 Å². The molecule has 1 aliphatic rings. The lowest BCUT2D eigenvalue weighted by Crippen LogP contribution is -2.36. The minimum absolute atomic E-state index is 0.0118. The first-order valence-electron chi connectivity index (χ1n) is 10.4. The number of methoxy groups -OCH3 is 1. The van der Waals surface area contributed by atoms with Crippen LogP contribution in [0.3, 0.4) is 0 Å². The molecule has 0 spiro atoms. The first-order valence-corrected chi connectivity index (χ1v) is 10.8. The third-order valence-electron chi connectivity index (χ3n) is 5.37. The van der Waals surface area contributed by atoms with E-state index < -0.39 is 0 Å². The normalized spacial score (nSPS) is 18.6. The lowest BCUT2D eigenvalue weighted by molar-refractivity contribution is -0.0224. The maximum absolute atomic E-state index is 13.3. The minimum Gasteiger partial charge on any atom is -0.491 e. The van der Waals surface area contributed by atoms with E-state index in [9.17, 15) is 9.90 Å². The molecule has 3 aromatic rings. The number of ether oxygens (including phenoxy) is 3. The van der Waals surface area contributed by atoms with E-state index in [2.05, 4.69) is 20.3 Å². The molecule has 2 atom stereocenters. The molecular formula is C22H25ClN4O5. The summed E-state index contributed by atoms with van der Waals surface area (Å²) in [6, 6.07) is 4.98. The van der Waals surface area contributed by atoms with Crippen LogP contribution in [-0.2, 0) is 9.47 Å². The highest BCUT2D eigenvalue weighted by molar-refractivity contribution is 6.35. The average Bonchev–Trinajstić information content (AvgIpc) is 3.25. The Labute approximate surface area is 190 Å². The molecule has 0 bridgehead atoms. The molecule has 1 aliphatic heterocycles. The van der Waals surface area contributed by atoms with Gasteiger partial charge in [0, 0.05) is 18.9 Å². The number of hydrogen-bond acceptors (Lipinski definition) is 8. The zero-order valence-corrected chi connectivity index (χ0v) is 18.4. The molecule has 3 heterocycles. The molecule has 32 heavy (non-hydrogen) atoms. The van der Waals surface area contributed by atoms with E-state index in [-0.39, 0.29) is 24.5 Å². The van der Waals surface area contributed by atoms with Gasteiger partial charge >= 0.3 is 0 Å². The Morgan fingerprint density at radius 3 is 2.91 bits per heavy atom. The van der Waals surface area contributed by atoms with Gasteiger partial charge in [0.1, 0.15) is 30.1 Å². The predicted molar refractivity (Wildman–Crippen MR) is 120 cm³/mol. The van der Waals surface area contributed by atoms with Crippen molar-refractivity contribution in [3.05, 3.63) is 46.9 Å². The number of halogens is 1. The molecule has 2 aromatic heterocycles. The molecule has 1 fully saturated rings. The van der Waals surface area contributed by atoms with Crippen LogP contribution in [0.25, 0.3) is 11.0 Å². The zero-order valence-electron chi connectivity index (χ0n) is 17.6. The van der Waals surface area contributed by atoms with E-state index in [1.165, 1.54) is 6.33 Å². The third kappa shape index (κ3) is 4.86. The standard InChI is InChI=1S/C22H25ClN4O5/c1-30-6-7-31-14-4-5-16(18(23)8-14)20(29)17-9-24-21-19(17)22(26-12-25-21)27-13-2-3-15(10-28)32-11-13/h4-5,8-9,12-13,15,28H,2-3,6-7,10-11H2,1H3,(H2,24,25,26,27)/t13-,15+/m1/s1. The molecule has 0 amide bonds. The Morgan fingerprint density at radius 2 is 2.19 bits per heavy atom. The number of carbonyl (C=O) groups excluding carboxylic acids is 1. The summed E-state index contributed by atoms with van der Waals surface area (Å²) in [5.74, 6) is 0.862. The van der Waals surface area contributed by atoms with Gasteiger partial charge < -0.3 is 29.6 Å². The van der Waals surface area contributed by atoms with Crippen molar-refractivity contribution >= 4 is 34.2 Å². The molecule has 10 heteroatoms. The van der Waals surface area contributed by atoms with E-state index in [1.54, 1.807) is 31.5 Å². The van der Waals surface area contributed by atoms with Crippen LogP contribution < -0.4 is 10.1 Å². The molecule has 1 saturated heterocycles. The molecular weight excluding hydrogens is 436 g/mol. The Bertz CT molecular complexity index is 1080. The zero-order chi connectivity index (χ0) is 22.5. The highest BCUT2D eigenvalue weighted by Gasteiger charge is 2.25. The highest BCUT2D eigenvalue weighted by atomic mass is 35.5. The number of fused-ring (bicyclic) bond motifs is 1. The van der Waals surface area contributed by atoms with E-state index in [0.29, 0.717) is 58.6 Å². The van der Waals surface area contributed by atoms with Crippen molar-refractivity contribution in [3.8, 4) is 5.75 Å². The van der Waals surface area contributed by atoms with Crippen LogP contribution in [0.2, 0.25) is 5.02 Å². The SMILES string of the molecule is COCCOc1ccc(C(=O)c2c[nH]c3ncnc(N[C@@H]4CC[C@@H](CO)OC4)c23)c(Cl)c1. The molecule has 1 aromatic carbocycles. The summed E-state index contributed by atoms with van der Waals surface area (Å²) in [4.78, 5) is 25.0. The number of nitrogens with one attached hydrogen (secondary N) is 2. The highest BCUT2D eigenvalue weighted by Crippen LogP contribution is 2.30. The molecule has 4 rings (SSSR count). The second-order valence-electron chi connectivity index (χ2n) is 7.52. The number of rotatable bonds is 9. The molecule has 0 radical (unpaired) electrons. The minimum atomic E-state index is -0.247. The fourth-order valence-corrected chi connectivity index (χ4v) is 3.92. The van der Waals surface area contributed by atoms with Gasteiger partial charge in [0.2, 0.25) is 0 Å². The number of aromatic amines is 1. The number of H-pyrrole nitrogens is 1. The Hall–Kier alpha value is -2.72. The first-order chi connectivity index (χ1) is 15.6. The molecule has 170 valence electrons. The monoisotopic (exact) mass is 460 g/mol. The van der Waals surface area contributed by atoms with Gasteiger partial charge in [-0.2, -0.15) is 0 Å². The number of ketones is 1. The van der Waals surface area contributed by atoms with Crippen molar-refractivity contribution in [1.82, 2.24) is 15.0 Å². The summed E-state index contributed by atoms with van der Waals surface area (Å²) >= 11 is 6.40. The van der Waals surface area contributed by atoms with Crippen LogP contribution in [0.4, 0.5) is 5.82 Å². The predicted octanol–water partition coefficient (Wildman–Crippen LogP) is 2.82. The smallest absolute Gasteiger partial charge is 0.196 e. The van der Waals surface area contributed by atoms with Gasteiger partial charge in [-0.25, -0.2) is 9.97 Å². The first kappa shape index (κ1) is 22.5. The van der Waals surface area contributed by atoms with Gasteiger partial charge in [-0.15, -0.1) is 0 Å². The number of benzene rings is 1. The van der Waals surface area contributed by atoms with E-state index in [4.69, 9.17) is 25.8 Å². The molecule has 0 saturated carbocycles. The van der Waals surface area contributed by atoms with Gasteiger partial charge in [-0.1, -0.05) is 11.6 Å². The summed E-state index contributed by atoms with van der Waals surface area (Å²) in [6.45, 7) is 1.30. The van der Waals surface area contributed by atoms with E-state index in [0.717, 1.165) is 12.8 Å². The van der Waals surface area contributed by atoms with Crippen molar-refractivity contribution in [2.24, 2.45) is 0 Å². The number of nitrogens with zero attached hydrogens (tertiary/aromatic N) is 2. The lowest BCUT2D eigenvalue weighted by Gasteiger charge is -2.29. The summed E-state index contributed by atoms with van der Waals surface area (Å²) in [7, 11) is 1.60. The molecule has 0 aliphatic carbocycles. The quantitative estimate of drug-likeness (QED) is 0.329. The fourth-order valence-electron chi connectivity index (χ4n) is 3.67. The van der Waals surface area contributed by atoms with Crippen molar-refractivity contribution in [2.45, 2.75) is 25.0 Å². The molecule has 3 N–H and O–H groups in total. The molecule has 9 nitrogen and oxygen atoms in total. The Balaban J connectivity index is 1.57.